The molecule has 1 unspecified atom stereocenters. The van der Waals surface area contributed by atoms with Gasteiger partial charge in [0.25, 0.3) is 0 Å². The molecule has 1 N–H and O–H groups in total. The van der Waals surface area contributed by atoms with E-state index >= 15 is 0 Å². The van der Waals surface area contributed by atoms with Crippen LogP contribution in [0.3, 0.4) is 0 Å². The Morgan fingerprint density at radius 1 is 1.18 bits per heavy atom. The average molecular weight is 560 g/mol. The van der Waals surface area contributed by atoms with Gasteiger partial charge in [-0.1, -0.05) is 30.3 Å². The standard InChI is InChI=1S/C32H37N3O4S/c1-23-16-29-28(17-25(23)18-35(22-37)26(20-36)8-9-31(38)33-2)32(21-39-29)11-13-34(14-12-32)19-30-27(10-15-40-30)24-6-4-3-5-7-24/h3-7,10,15-17,20,22,26H,8-9,11-14,18-19,21H2,1-2H3,(H,33,38). The molecule has 8 heteroatoms. The molecule has 1 spiro atoms. The largest absolute Gasteiger partial charge is 0.492 e. The number of aldehydes is 1. The molecule has 1 fully saturated rings. The zero-order valence-electron chi connectivity index (χ0n) is 23.2. The third-order valence-corrected chi connectivity index (χ3v) is 9.45. The van der Waals surface area contributed by atoms with Crippen molar-refractivity contribution in [3.63, 3.8) is 0 Å². The molecule has 2 amide bonds. The van der Waals surface area contributed by atoms with Crippen LogP contribution in [0.25, 0.3) is 11.1 Å². The fraction of sp³-hybridized carbons (Fsp3) is 0.406. The number of hydrogen-bond donors (Lipinski definition) is 1. The first kappa shape index (κ1) is 28.1. The first-order chi connectivity index (χ1) is 19.5. The van der Waals surface area contributed by atoms with Crippen LogP contribution in [0.1, 0.15) is 47.3 Å². The van der Waals surface area contributed by atoms with Gasteiger partial charge in [0.05, 0.1) is 12.6 Å². The van der Waals surface area contributed by atoms with Crippen LogP contribution >= 0.6 is 11.3 Å². The van der Waals surface area contributed by atoms with Crippen molar-refractivity contribution < 1.29 is 19.1 Å². The molecule has 2 aliphatic heterocycles. The molecule has 5 rings (SSSR count). The minimum Gasteiger partial charge on any atom is -0.492 e. The Kier molecular flexibility index (Phi) is 8.66. The van der Waals surface area contributed by atoms with Crippen molar-refractivity contribution in [1.82, 2.24) is 15.1 Å². The predicted molar refractivity (Wildman–Crippen MR) is 157 cm³/mol. The van der Waals surface area contributed by atoms with E-state index in [1.54, 1.807) is 7.05 Å². The van der Waals surface area contributed by atoms with Gasteiger partial charge in [0.15, 0.2) is 0 Å². The number of piperidine rings is 1. The fourth-order valence-electron chi connectivity index (χ4n) is 5.96. The number of amides is 2. The average Bonchev–Trinajstić information content (AvgIpc) is 3.58. The molecule has 0 aliphatic carbocycles. The summed E-state index contributed by atoms with van der Waals surface area (Å²) in [7, 11) is 1.57. The summed E-state index contributed by atoms with van der Waals surface area (Å²) in [5.74, 6) is 0.788. The van der Waals surface area contributed by atoms with Gasteiger partial charge in [-0.05, 0) is 85.1 Å². The Morgan fingerprint density at radius 2 is 1.95 bits per heavy atom. The van der Waals surface area contributed by atoms with Crippen molar-refractivity contribution in [2.45, 2.75) is 57.2 Å². The first-order valence-electron chi connectivity index (χ1n) is 13.9. The smallest absolute Gasteiger partial charge is 0.219 e. The van der Waals surface area contributed by atoms with Crippen LogP contribution in [-0.2, 0) is 32.9 Å². The van der Waals surface area contributed by atoms with E-state index in [9.17, 15) is 14.4 Å². The van der Waals surface area contributed by atoms with Crippen molar-refractivity contribution in [3.05, 3.63) is 75.5 Å². The van der Waals surface area contributed by atoms with Gasteiger partial charge >= 0.3 is 0 Å². The summed E-state index contributed by atoms with van der Waals surface area (Å²) in [6, 6.07) is 16.4. The molecule has 7 nitrogen and oxygen atoms in total. The second kappa shape index (κ2) is 12.4. The van der Waals surface area contributed by atoms with Crippen molar-refractivity contribution in [3.8, 4) is 16.9 Å². The summed E-state index contributed by atoms with van der Waals surface area (Å²) in [5, 5.41) is 4.75. The summed E-state index contributed by atoms with van der Waals surface area (Å²) in [6.07, 6.45) is 3.99. The molecule has 0 saturated carbocycles. The second-order valence-corrected chi connectivity index (χ2v) is 11.9. The van der Waals surface area contributed by atoms with Gasteiger partial charge in [0.2, 0.25) is 12.3 Å². The molecule has 210 valence electrons. The van der Waals surface area contributed by atoms with Crippen molar-refractivity contribution in [2.75, 3.05) is 26.7 Å². The molecule has 40 heavy (non-hydrogen) atoms. The number of carbonyl (C=O) groups excluding carboxylic acids is 3. The van der Waals surface area contributed by atoms with E-state index in [1.807, 2.05) is 18.3 Å². The maximum absolute atomic E-state index is 12.0. The van der Waals surface area contributed by atoms with E-state index in [-0.39, 0.29) is 17.7 Å². The van der Waals surface area contributed by atoms with E-state index in [4.69, 9.17) is 4.74 Å². The number of hydrogen-bond acceptors (Lipinski definition) is 6. The minimum absolute atomic E-state index is 0.0404. The minimum atomic E-state index is -0.645. The van der Waals surface area contributed by atoms with Crippen LogP contribution in [0, 0.1) is 6.92 Å². The number of fused-ring (bicyclic) bond motifs is 2. The molecule has 3 aromatic rings. The van der Waals surface area contributed by atoms with Crippen LogP contribution in [0.2, 0.25) is 0 Å². The lowest BCUT2D eigenvalue weighted by molar-refractivity contribution is -0.127. The van der Waals surface area contributed by atoms with Gasteiger partial charge in [0.1, 0.15) is 12.0 Å². The number of benzene rings is 2. The van der Waals surface area contributed by atoms with Crippen LogP contribution in [0.5, 0.6) is 5.75 Å². The lowest BCUT2D eigenvalue weighted by Crippen LogP contribution is -2.43. The van der Waals surface area contributed by atoms with Crippen molar-refractivity contribution in [2.24, 2.45) is 0 Å². The summed E-state index contributed by atoms with van der Waals surface area (Å²) < 4.78 is 6.22. The molecule has 0 radical (unpaired) electrons. The number of nitrogens with one attached hydrogen (secondary N) is 1. The van der Waals surface area contributed by atoms with Crippen LogP contribution in [-0.4, -0.2) is 61.2 Å². The molecule has 2 aromatic carbocycles. The zero-order chi connectivity index (χ0) is 28.1. The summed E-state index contributed by atoms with van der Waals surface area (Å²) >= 11 is 1.83. The van der Waals surface area contributed by atoms with Gasteiger partial charge < -0.3 is 19.7 Å². The third kappa shape index (κ3) is 5.83. The van der Waals surface area contributed by atoms with E-state index in [0.29, 0.717) is 26.0 Å². The number of nitrogens with zero attached hydrogens (tertiary/aromatic N) is 2. The van der Waals surface area contributed by atoms with Gasteiger partial charge in [-0.3, -0.25) is 14.5 Å². The first-order valence-corrected chi connectivity index (χ1v) is 14.8. The highest BCUT2D eigenvalue weighted by Crippen LogP contribution is 2.47. The number of ether oxygens (including phenoxy) is 1. The van der Waals surface area contributed by atoms with E-state index in [1.165, 1.54) is 26.5 Å². The molecule has 0 bridgehead atoms. The molecule has 3 heterocycles. The maximum Gasteiger partial charge on any atom is 0.219 e. The molecule has 1 aromatic heterocycles. The van der Waals surface area contributed by atoms with E-state index < -0.39 is 6.04 Å². The Morgan fingerprint density at radius 3 is 2.65 bits per heavy atom. The van der Waals surface area contributed by atoms with Crippen LogP contribution in [0.4, 0.5) is 0 Å². The van der Waals surface area contributed by atoms with Crippen LogP contribution < -0.4 is 10.1 Å². The third-order valence-electron chi connectivity index (χ3n) is 8.54. The Hall–Kier alpha value is -3.49. The predicted octanol–water partition coefficient (Wildman–Crippen LogP) is 4.70. The quantitative estimate of drug-likeness (QED) is 0.345. The summed E-state index contributed by atoms with van der Waals surface area (Å²) in [5.41, 5.74) is 5.81. The number of likely N-dealkylation sites (tertiary alicyclic amines) is 1. The fourth-order valence-corrected chi connectivity index (χ4v) is 6.90. The number of carbonyl (C=O) groups is 3. The SMILES string of the molecule is CNC(=O)CCC(C=O)N(C=O)Cc1cc2c(cc1C)OCC21CCN(Cc2sccc2-c2ccccc2)CC1. The van der Waals surface area contributed by atoms with Gasteiger partial charge in [-0.25, -0.2) is 0 Å². The Bertz CT molecular complexity index is 1350. The maximum atomic E-state index is 12.0. The van der Waals surface area contributed by atoms with Crippen molar-refractivity contribution in [1.29, 1.82) is 0 Å². The molecular formula is C32H37N3O4S. The monoisotopic (exact) mass is 559 g/mol. The highest BCUT2D eigenvalue weighted by Gasteiger charge is 2.43. The topological polar surface area (TPSA) is 79.0 Å². The Balaban J connectivity index is 1.28. The lowest BCUT2D eigenvalue weighted by atomic mass is 9.73. The lowest BCUT2D eigenvalue weighted by Gasteiger charge is -2.38. The van der Waals surface area contributed by atoms with E-state index in [2.05, 4.69) is 64.1 Å². The van der Waals surface area contributed by atoms with Gasteiger partial charge in [-0.2, -0.15) is 0 Å². The molecule has 1 saturated heterocycles. The van der Waals surface area contributed by atoms with Gasteiger partial charge in [0, 0.05) is 42.4 Å². The van der Waals surface area contributed by atoms with Crippen LogP contribution in [0.15, 0.2) is 53.9 Å². The molecular weight excluding hydrogens is 522 g/mol. The van der Waals surface area contributed by atoms with Crippen molar-refractivity contribution >= 4 is 29.9 Å². The molecule has 1 atom stereocenters. The van der Waals surface area contributed by atoms with E-state index in [0.717, 1.165) is 55.6 Å². The summed E-state index contributed by atoms with van der Waals surface area (Å²) in [4.78, 5) is 40.9. The highest BCUT2D eigenvalue weighted by atomic mass is 32.1. The Labute approximate surface area is 240 Å². The second-order valence-electron chi connectivity index (χ2n) is 10.9. The number of aryl methyl sites for hydroxylation is 1. The van der Waals surface area contributed by atoms with Gasteiger partial charge in [-0.15, -0.1) is 11.3 Å². The normalized spacial score (nSPS) is 16.6. The highest BCUT2D eigenvalue weighted by molar-refractivity contribution is 7.10. The number of rotatable bonds is 11. The zero-order valence-corrected chi connectivity index (χ0v) is 24.0. The number of thiophene rings is 1. The molecule has 2 aliphatic rings. The summed E-state index contributed by atoms with van der Waals surface area (Å²) in [6.45, 7) is 5.94.